The lowest BCUT2D eigenvalue weighted by atomic mass is 10.2. The normalized spacial score (nSPS) is 14.5. The summed E-state index contributed by atoms with van der Waals surface area (Å²) in [4.78, 5) is 46.6. The van der Waals surface area contributed by atoms with Crippen molar-refractivity contribution in [1.82, 2.24) is 10.2 Å². The number of nitro benzene ring substituents is 1. The van der Waals surface area contributed by atoms with Crippen molar-refractivity contribution in [2.45, 2.75) is 6.61 Å². The van der Waals surface area contributed by atoms with Crippen LogP contribution in [0.5, 0.6) is 5.75 Å². The number of methoxy groups -OCH3 is 1. The van der Waals surface area contributed by atoms with E-state index in [0.717, 1.165) is 10.5 Å². The molecular weight excluding hydrogens is 474 g/mol. The summed E-state index contributed by atoms with van der Waals surface area (Å²) in [5, 5.41) is 13.1. The fraction of sp³-hybridized carbons (Fsp3) is 0.150. The number of hydrogen-bond donors (Lipinski definition) is 1. The average molecular weight is 490 g/mol. The van der Waals surface area contributed by atoms with Gasteiger partial charge in [0.15, 0.2) is 0 Å². The fourth-order valence-corrected chi connectivity index (χ4v) is 3.19. The molecule has 0 unspecified atom stereocenters. The van der Waals surface area contributed by atoms with E-state index in [1.165, 1.54) is 25.3 Å². The lowest BCUT2D eigenvalue weighted by molar-refractivity contribution is -0.384. The van der Waals surface area contributed by atoms with E-state index in [1.54, 1.807) is 30.3 Å². The van der Waals surface area contributed by atoms with Crippen LogP contribution in [0.25, 0.3) is 6.08 Å². The topological polar surface area (TPSA) is 128 Å². The number of ether oxygens (including phenoxy) is 2. The van der Waals surface area contributed by atoms with Crippen LogP contribution in [0.15, 0.2) is 52.6 Å². The number of amides is 3. The van der Waals surface area contributed by atoms with Crippen LogP contribution in [0.1, 0.15) is 11.1 Å². The molecule has 3 amide bonds. The summed E-state index contributed by atoms with van der Waals surface area (Å²) >= 11 is 3.39. The molecule has 0 spiro atoms. The van der Waals surface area contributed by atoms with Gasteiger partial charge in [-0.1, -0.05) is 6.07 Å². The Hall–Kier alpha value is -3.73. The number of halogens is 1. The number of esters is 1. The highest BCUT2D eigenvalue weighted by molar-refractivity contribution is 9.10. The molecule has 2 aromatic carbocycles. The third-order valence-corrected chi connectivity index (χ3v) is 4.91. The fourth-order valence-electron chi connectivity index (χ4n) is 2.67. The number of carbonyl (C=O) groups excluding carboxylic acids is 3. The molecule has 10 nitrogen and oxygen atoms in total. The predicted molar refractivity (Wildman–Crippen MR) is 112 cm³/mol. The van der Waals surface area contributed by atoms with E-state index < -0.39 is 29.4 Å². The largest absolute Gasteiger partial charge is 0.488 e. The molecule has 1 aliphatic rings. The molecule has 1 saturated heterocycles. The second kappa shape index (κ2) is 9.39. The molecule has 0 radical (unpaired) electrons. The monoisotopic (exact) mass is 489 g/mol. The Labute approximate surface area is 184 Å². The zero-order chi connectivity index (χ0) is 22.5. The Bertz CT molecular complexity index is 1080. The molecule has 0 aromatic heterocycles. The zero-order valence-corrected chi connectivity index (χ0v) is 17.7. The first kappa shape index (κ1) is 22.0. The van der Waals surface area contributed by atoms with Crippen molar-refractivity contribution >= 4 is 45.6 Å². The maximum Gasteiger partial charge on any atom is 0.329 e. The van der Waals surface area contributed by atoms with Gasteiger partial charge in [-0.25, -0.2) is 9.69 Å². The molecule has 0 atom stereocenters. The molecule has 1 fully saturated rings. The molecular formula is C20H16BrN3O7. The quantitative estimate of drug-likeness (QED) is 0.208. The standard InChI is InChI=1S/C20H16BrN3O7/c1-30-18(25)10-23-19(26)16(22-20(23)27)9-13-4-7-17(15(21)8-13)31-11-12-2-5-14(6-3-12)24(28)29/h2-9H,10-11H2,1H3,(H,22,27)/b16-9+. The Kier molecular flexibility index (Phi) is 6.65. The SMILES string of the molecule is COC(=O)CN1C(=O)N/C(=C/c2ccc(OCc3ccc([N+](=O)[O-])cc3)c(Br)c2)C1=O. The van der Waals surface area contributed by atoms with Crippen LogP contribution in [-0.2, 0) is 20.9 Å². The van der Waals surface area contributed by atoms with Gasteiger partial charge < -0.3 is 14.8 Å². The second-order valence-corrected chi connectivity index (χ2v) is 7.21. The van der Waals surface area contributed by atoms with Crippen molar-refractivity contribution in [3.63, 3.8) is 0 Å². The van der Waals surface area contributed by atoms with Gasteiger partial charge in [0, 0.05) is 12.1 Å². The van der Waals surface area contributed by atoms with Gasteiger partial charge in [-0.15, -0.1) is 0 Å². The highest BCUT2D eigenvalue weighted by atomic mass is 79.9. The number of imide groups is 1. The van der Waals surface area contributed by atoms with Crippen molar-refractivity contribution in [3.05, 3.63) is 73.9 Å². The maximum atomic E-state index is 12.3. The Morgan fingerprint density at radius 3 is 2.55 bits per heavy atom. The molecule has 31 heavy (non-hydrogen) atoms. The molecule has 3 rings (SSSR count). The molecule has 0 aliphatic carbocycles. The van der Waals surface area contributed by atoms with Crippen molar-refractivity contribution in [2.75, 3.05) is 13.7 Å². The van der Waals surface area contributed by atoms with Crippen molar-refractivity contribution in [2.24, 2.45) is 0 Å². The van der Waals surface area contributed by atoms with Crippen LogP contribution >= 0.6 is 15.9 Å². The Morgan fingerprint density at radius 1 is 1.23 bits per heavy atom. The number of nitrogens with zero attached hydrogens (tertiary/aromatic N) is 2. The Balaban J connectivity index is 1.68. The highest BCUT2D eigenvalue weighted by Crippen LogP contribution is 2.28. The minimum Gasteiger partial charge on any atom is -0.488 e. The van der Waals surface area contributed by atoms with E-state index in [4.69, 9.17) is 4.74 Å². The van der Waals surface area contributed by atoms with Crippen molar-refractivity contribution in [1.29, 1.82) is 0 Å². The predicted octanol–water partition coefficient (Wildman–Crippen LogP) is 3.00. The third-order valence-electron chi connectivity index (χ3n) is 4.29. The molecule has 2 aromatic rings. The van der Waals surface area contributed by atoms with Crippen LogP contribution in [0.2, 0.25) is 0 Å². The molecule has 160 valence electrons. The summed E-state index contributed by atoms with van der Waals surface area (Å²) in [6, 6.07) is 10.4. The maximum absolute atomic E-state index is 12.3. The zero-order valence-electron chi connectivity index (χ0n) is 16.2. The van der Waals surface area contributed by atoms with Crippen LogP contribution in [-0.4, -0.2) is 41.4 Å². The van der Waals surface area contributed by atoms with E-state index in [0.29, 0.717) is 15.8 Å². The van der Waals surface area contributed by atoms with Gasteiger partial charge in [0.1, 0.15) is 24.6 Å². The summed E-state index contributed by atoms with van der Waals surface area (Å²) < 4.78 is 10.8. The molecule has 0 saturated carbocycles. The number of nitro groups is 1. The van der Waals surface area contributed by atoms with E-state index in [1.807, 2.05) is 0 Å². The Morgan fingerprint density at radius 2 is 1.94 bits per heavy atom. The first-order valence-electron chi connectivity index (χ1n) is 8.85. The number of non-ortho nitro benzene ring substituents is 1. The summed E-state index contributed by atoms with van der Waals surface area (Å²) in [6.07, 6.45) is 1.47. The average Bonchev–Trinajstić information content (AvgIpc) is 3.00. The number of carbonyl (C=O) groups is 3. The number of nitrogens with one attached hydrogen (secondary N) is 1. The first-order chi connectivity index (χ1) is 14.8. The molecule has 0 bridgehead atoms. The first-order valence-corrected chi connectivity index (χ1v) is 9.65. The summed E-state index contributed by atoms with van der Waals surface area (Å²) in [5.41, 5.74) is 1.40. The van der Waals surface area contributed by atoms with E-state index in [2.05, 4.69) is 26.0 Å². The molecule has 11 heteroatoms. The van der Waals surface area contributed by atoms with E-state index in [-0.39, 0.29) is 18.0 Å². The number of rotatable bonds is 7. The molecule has 1 N–H and O–H groups in total. The third kappa shape index (κ3) is 5.25. The van der Waals surface area contributed by atoms with Crippen molar-refractivity contribution in [3.8, 4) is 5.75 Å². The molecule has 1 aliphatic heterocycles. The van der Waals surface area contributed by atoms with Crippen molar-refractivity contribution < 1.29 is 28.8 Å². The lowest BCUT2D eigenvalue weighted by Crippen LogP contribution is -2.36. The number of benzene rings is 2. The van der Waals surface area contributed by atoms with Crippen LogP contribution < -0.4 is 10.1 Å². The van der Waals surface area contributed by atoms with Gasteiger partial charge in [-0.2, -0.15) is 0 Å². The lowest BCUT2D eigenvalue weighted by Gasteiger charge is -2.09. The van der Waals surface area contributed by atoms with E-state index >= 15 is 0 Å². The van der Waals surface area contributed by atoms with Crippen LogP contribution in [0, 0.1) is 10.1 Å². The van der Waals surface area contributed by atoms with Gasteiger partial charge in [-0.3, -0.25) is 19.7 Å². The van der Waals surface area contributed by atoms with Gasteiger partial charge >= 0.3 is 12.0 Å². The van der Waals surface area contributed by atoms with Gasteiger partial charge in [0.2, 0.25) is 0 Å². The van der Waals surface area contributed by atoms with Crippen LogP contribution in [0.3, 0.4) is 0 Å². The van der Waals surface area contributed by atoms with Crippen LogP contribution in [0.4, 0.5) is 10.5 Å². The van der Waals surface area contributed by atoms with Gasteiger partial charge in [0.05, 0.1) is 16.5 Å². The highest BCUT2D eigenvalue weighted by Gasteiger charge is 2.35. The van der Waals surface area contributed by atoms with Gasteiger partial charge in [-0.05, 0) is 57.4 Å². The second-order valence-electron chi connectivity index (χ2n) is 6.36. The summed E-state index contributed by atoms with van der Waals surface area (Å²) in [7, 11) is 1.17. The number of hydrogen-bond acceptors (Lipinski definition) is 7. The number of urea groups is 1. The summed E-state index contributed by atoms with van der Waals surface area (Å²) in [6.45, 7) is -0.272. The minimum absolute atomic E-state index is 0.000948. The molecule has 1 heterocycles. The minimum atomic E-state index is -0.706. The van der Waals surface area contributed by atoms with Gasteiger partial charge in [0.25, 0.3) is 11.6 Å². The smallest absolute Gasteiger partial charge is 0.329 e. The van der Waals surface area contributed by atoms with E-state index in [9.17, 15) is 24.5 Å². The summed E-state index contributed by atoms with van der Waals surface area (Å²) in [5.74, 6) is -0.818.